The fourth-order valence-corrected chi connectivity index (χ4v) is 0.495. The summed E-state index contributed by atoms with van der Waals surface area (Å²) in [5.41, 5.74) is 0. The van der Waals surface area contributed by atoms with E-state index in [4.69, 9.17) is 9.47 Å². The van der Waals surface area contributed by atoms with Gasteiger partial charge in [-0.2, -0.15) is 0 Å². The summed E-state index contributed by atoms with van der Waals surface area (Å²) in [6, 6.07) is 0. The minimum Gasteiger partial charge on any atom is -0.450 e. The summed E-state index contributed by atoms with van der Waals surface area (Å²) in [6.07, 6.45) is 0. The zero-order valence-electron chi connectivity index (χ0n) is 5.14. The summed E-state index contributed by atoms with van der Waals surface area (Å²) in [7, 11) is 0. The molecule has 1 fully saturated rings. The summed E-state index contributed by atoms with van der Waals surface area (Å²) in [6.45, 7) is 5.09. The maximum absolute atomic E-state index is 4.92. The van der Waals surface area contributed by atoms with Crippen LogP contribution in [0.15, 0.2) is 12.5 Å². The summed E-state index contributed by atoms with van der Waals surface area (Å²) in [5.74, 6) is 0.356. The van der Waals surface area contributed by atoms with Crippen LogP contribution < -0.4 is 10.6 Å². The Morgan fingerprint density at radius 1 is 1.22 bits per heavy atom. The molecule has 0 aromatic rings. The molecular weight excluding hydrogens is 120 g/mol. The van der Waals surface area contributed by atoms with Crippen LogP contribution in [0, 0.1) is 0 Å². The molecule has 1 aliphatic rings. The maximum Gasteiger partial charge on any atom is 0.274 e. The van der Waals surface area contributed by atoms with Gasteiger partial charge in [-0.15, -0.1) is 0 Å². The van der Waals surface area contributed by atoms with E-state index in [2.05, 4.69) is 17.2 Å². The molecule has 1 aliphatic heterocycles. The Bertz CT molecular complexity index is 95.1. The first kappa shape index (κ1) is 6.38. The van der Waals surface area contributed by atoms with E-state index >= 15 is 0 Å². The van der Waals surface area contributed by atoms with E-state index in [0.717, 1.165) is 0 Å². The van der Waals surface area contributed by atoms with E-state index in [-0.39, 0.29) is 0 Å². The lowest BCUT2D eigenvalue weighted by Gasteiger charge is -2.15. The van der Waals surface area contributed by atoms with Crippen molar-refractivity contribution in [3.8, 4) is 0 Å². The molecule has 0 bridgehead atoms. The van der Waals surface area contributed by atoms with Gasteiger partial charge in [0.05, 0.1) is 6.67 Å². The quantitative estimate of drug-likeness (QED) is 0.466. The SMILES string of the molecule is C=C1OCNCNCO1. The highest BCUT2D eigenvalue weighted by atomic mass is 16.7. The van der Waals surface area contributed by atoms with Crippen LogP contribution >= 0.6 is 0 Å². The maximum atomic E-state index is 4.92. The topological polar surface area (TPSA) is 42.5 Å². The molecule has 2 N–H and O–H groups in total. The van der Waals surface area contributed by atoms with Crippen molar-refractivity contribution in [1.82, 2.24) is 10.6 Å². The number of hydrogen-bond acceptors (Lipinski definition) is 4. The smallest absolute Gasteiger partial charge is 0.274 e. The predicted octanol–water partition coefficient (Wildman–Crippen LogP) is -0.444. The molecule has 0 aromatic carbocycles. The lowest BCUT2D eigenvalue weighted by atomic mass is 10.9. The van der Waals surface area contributed by atoms with Crippen molar-refractivity contribution in [2.45, 2.75) is 0 Å². The molecule has 4 heteroatoms. The van der Waals surface area contributed by atoms with E-state index in [1.165, 1.54) is 0 Å². The fourth-order valence-electron chi connectivity index (χ4n) is 0.495. The molecule has 0 atom stereocenters. The standard InChI is InChI=1S/C5H10N2O2/c1-5-8-3-6-2-7-4-9-5/h6-7H,1-4H2. The molecule has 52 valence electrons. The van der Waals surface area contributed by atoms with Crippen molar-refractivity contribution >= 4 is 0 Å². The second-order valence-electron chi connectivity index (χ2n) is 1.63. The zero-order chi connectivity index (χ0) is 6.53. The minimum atomic E-state index is 0.356. The molecule has 1 rings (SSSR count). The van der Waals surface area contributed by atoms with E-state index in [1.54, 1.807) is 0 Å². The molecule has 1 heterocycles. The second-order valence-corrected chi connectivity index (χ2v) is 1.63. The highest BCUT2D eigenvalue weighted by molar-refractivity contribution is 4.67. The van der Waals surface area contributed by atoms with E-state index < -0.39 is 0 Å². The number of nitrogens with one attached hydrogen (secondary N) is 2. The van der Waals surface area contributed by atoms with Crippen LogP contribution in [0.2, 0.25) is 0 Å². The molecule has 0 radical (unpaired) electrons. The van der Waals surface area contributed by atoms with Crippen molar-refractivity contribution < 1.29 is 9.47 Å². The molecule has 9 heavy (non-hydrogen) atoms. The van der Waals surface area contributed by atoms with Crippen molar-refractivity contribution in [1.29, 1.82) is 0 Å². The molecular formula is C5H10N2O2. The van der Waals surface area contributed by atoms with Crippen LogP contribution in [0.4, 0.5) is 0 Å². The van der Waals surface area contributed by atoms with Crippen LogP contribution in [0.1, 0.15) is 0 Å². The number of hydrogen-bond donors (Lipinski definition) is 2. The Balaban J connectivity index is 2.20. The molecule has 0 saturated carbocycles. The lowest BCUT2D eigenvalue weighted by Crippen LogP contribution is -2.34. The Morgan fingerprint density at radius 3 is 2.33 bits per heavy atom. The van der Waals surface area contributed by atoms with Gasteiger partial charge in [0, 0.05) is 0 Å². The summed E-state index contributed by atoms with van der Waals surface area (Å²) in [5, 5.41) is 5.89. The van der Waals surface area contributed by atoms with Gasteiger partial charge in [0.1, 0.15) is 13.5 Å². The Morgan fingerprint density at radius 2 is 1.78 bits per heavy atom. The van der Waals surface area contributed by atoms with Gasteiger partial charge >= 0.3 is 0 Å². The third-order valence-corrected chi connectivity index (χ3v) is 0.920. The van der Waals surface area contributed by atoms with Crippen LogP contribution in [-0.2, 0) is 9.47 Å². The number of rotatable bonds is 0. The number of ether oxygens (including phenoxy) is 2. The first-order chi connectivity index (χ1) is 4.39. The van der Waals surface area contributed by atoms with Gasteiger partial charge in [-0.1, -0.05) is 0 Å². The molecule has 0 aliphatic carbocycles. The third kappa shape index (κ3) is 2.34. The predicted molar refractivity (Wildman–Crippen MR) is 32.2 cm³/mol. The fraction of sp³-hybridized carbons (Fsp3) is 0.600. The highest BCUT2D eigenvalue weighted by Crippen LogP contribution is 1.93. The van der Waals surface area contributed by atoms with Gasteiger partial charge in [0.15, 0.2) is 0 Å². The van der Waals surface area contributed by atoms with Gasteiger partial charge in [-0.25, -0.2) is 0 Å². The second kappa shape index (κ2) is 3.32. The van der Waals surface area contributed by atoms with Crippen molar-refractivity contribution in [3.63, 3.8) is 0 Å². The first-order valence-electron chi connectivity index (χ1n) is 2.75. The largest absolute Gasteiger partial charge is 0.450 e. The van der Waals surface area contributed by atoms with Gasteiger partial charge in [0.25, 0.3) is 5.95 Å². The van der Waals surface area contributed by atoms with Gasteiger partial charge in [-0.05, 0) is 6.58 Å². The first-order valence-corrected chi connectivity index (χ1v) is 2.75. The van der Waals surface area contributed by atoms with Crippen LogP contribution in [0.5, 0.6) is 0 Å². The average molecular weight is 130 g/mol. The zero-order valence-corrected chi connectivity index (χ0v) is 5.14. The summed E-state index contributed by atoms with van der Waals surface area (Å²) in [4.78, 5) is 0. The summed E-state index contributed by atoms with van der Waals surface area (Å²) >= 11 is 0. The van der Waals surface area contributed by atoms with Crippen molar-refractivity contribution in [2.75, 3.05) is 20.1 Å². The van der Waals surface area contributed by atoms with Gasteiger partial charge in [0.2, 0.25) is 0 Å². The highest BCUT2D eigenvalue weighted by Gasteiger charge is 1.97. The summed E-state index contributed by atoms with van der Waals surface area (Å²) < 4.78 is 9.83. The Labute approximate surface area is 53.8 Å². The molecule has 1 saturated heterocycles. The lowest BCUT2D eigenvalue weighted by molar-refractivity contribution is 0.00528. The van der Waals surface area contributed by atoms with Crippen molar-refractivity contribution in [3.05, 3.63) is 12.5 Å². The van der Waals surface area contributed by atoms with E-state index in [1.807, 2.05) is 0 Å². The van der Waals surface area contributed by atoms with Crippen LogP contribution in [0.3, 0.4) is 0 Å². The third-order valence-electron chi connectivity index (χ3n) is 0.920. The molecule has 0 amide bonds. The van der Waals surface area contributed by atoms with Gasteiger partial charge in [-0.3, -0.25) is 10.6 Å². The molecule has 0 spiro atoms. The van der Waals surface area contributed by atoms with Crippen LogP contribution in [0.25, 0.3) is 0 Å². The van der Waals surface area contributed by atoms with E-state index in [0.29, 0.717) is 26.1 Å². The minimum absolute atomic E-state index is 0.356. The van der Waals surface area contributed by atoms with Crippen LogP contribution in [-0.4, -0.2) is 20.1 Å². The normalized spacial score (nSPS) is 21.1. The van der Waals surface area contributed by atoms with E-state index in [9.17, 15) is 0 Å². The monoisotopic (exact) mass is 130 g/mol. The molecule has 4 nitrogen and oxygen atoms in total. The Kier molecular flexibility index (Phi) is 2.35. The average Bonchev–Trinajstić information content (AvgIpc) is 1.79. The Hall–Kier alpha value is -0.740. The van der Waals surface area contributed by atoms with Gasteiger partial charge < -0.3 is 9.47 Å². The van der Waals surface area contributed by atoms with Crippen molar-refractivity contribution in [2.24, 2.45) is 0 Å². The molecule has 0 unspecified atom stereocenters. The molecule has 0 aromatic heterocycles.